The summed E-state index contributed by atoms with van der Waals surface area (Å²) in [6.45, 7) is 1.87. The van der Waals surface area contributed by atoms with Gasteiger partial charge in [0.15, 0.2) is 0 Å². The topological polar surface area (TPSA) is 65.8 Å². The van der Waals surface area contributed by atoms with E-state index < -0.39 is 5.91 Å². The van der Waals surface area contributed by atoms with Crippen LogP contribution in [0, 0.1) is 11.3 Å². The van der Waals surface area contributed by atoms with E-state index in [0.29, 0.717) is 10.8 Å². The maximum absolute atomic E-state index is 12.2. The third-order valence-electron chi connectivity index (χ3n) is 3.28. The van der Waals surface area contributed by atoms with Crippen molar-refractivity contribution in [3.63, 3.8) is 0 Å². The zero-order valence-electron chi connectivity index (χ0n) is 13.1. The maximum atomic E-state index is 12.2. The summed E-state index contributed by atoms with van der Waals surface area (Å²) in [6.07, 6.45) is 4.73. The number of rotatable bonds is 5. The molecule has 1 heterocycles. The number of hydrogen-bond acceptors (Lipinski definition) is 3. The van der Waals surface area contributed by atoms with Crippen molar-refractivity contribution in [3.8, 4) is 6.07 Å². The molecule has 0 aliphatic rings. The molecule has 4 nitrogen and oxygen atoms in total. The van der Waals surface area contributed by atoms with E-state index in [1.807, 2.05) is 43.3 Å². The lowest BCUT2D eigenvalue weighted by molar-refractivity contribution is -0.117. The Morgan fingerprint density at radius 3 is 2.67 bits per heavy atom. The predicted molar refractivity (Wildman–Crippen MR) is 95.0 cm³/mol. The van der Waals surface area contributed by atoms with Crippen LogP contribution < -0.4 is 5.32 Å². The molecule has 5 heteroatoms. The average Bonchev–Trinajstić information content (AvgIpc) is 2.59. The van der Waals surface area contributed by atoms with Crippen molar-refractivity contribution in [2.24, 2.45) is 0 Å². The summed E-state index contributed by atoms with van der Waals surface area (Å²) in [4.78, 5) is 16.3. The number of carbonyl (C=O) groups excluding carboxylic acids is 1. The van der Waals surface area contributed by atoms with Crippen LogP contribution in [0.3, 0.4) is 0 Å². The van der Waals surface area contributed by atoms with Gasteiger partial charge < -0.3 is 5.32 Å². The number of nitrogens with zero attached hydrogens (tertiary/aromatic N) is 2. The molecule has 0 saturated heterocycles. The molecule has 24 heavy (non-hydrogen) atoms. The number of pyridine rings is 1. The number of amides is 1. The molecule has 0 aliphatic heterocycles. The van der Waals surface area contributed by atoms with Crippen molar-refractivity contribution in [2.75, 3.05) is 0 Å². The SMILES string of the molecule is C[C@H](NC(=O)/C(C#N)=C/C=C/c1cccc(Cl)n1)c1ccccc1. The molecule has 0 saturated carbocycles. The van der Waals surface area contributed by atoms with Crippen molar-refractivity contribution < 1.29 is 4.79 Å². The first kappa shape index (κ1) is 17.5. The van der Waals surface area contributed by atoms with Gasteiger partial charge in [-0.3, -0.25) is 4.79 Å². The lowest BCUT2D eigenvalue weighted by Crippen LogP contribution is -2.27. The van der Waals surface area contributed by atoms with E-state index in [1.54, 1.807) is 30.4 Å². The molecule has 1 atom stereocenters. The van der Waals surface area contributed by atoms with E-state index in [4.69, 9.17) is 11.6 Å². The zero-order chi connectivity index (χ0) is 17.4. The van der Waals surface area contributed by atoms with E-state index in [1.165, 1.54) is 6.08 Å². The summed E-state index contributed by atoms with van der Waals surface area (Å²) in [5.74, 6) is -0.419. The van der Waals surface area contributed by atoms with Gasteiger partial charge >= 0.3 is 0 Å². The zero-order valence-corrected chi connectivity index (χ0v) is 13.9. The number of benzene rings is 1. The van der Waals surface area contributed by atoms with Crippen LogP contribution in [-0.4, -0.2) is 10.9 Å². The van der Waals surface area contributed by atoms with Gasteiger partial charge in [-0.2, -0.15) is 5.26 Å². The molecule has 2 aromatic rings. The third-order valence-corrected chi connectivity index (χ3v) is 3.49. The van der Waals surface area contributed by atoms with Crippen molar-refractivity contribution >= 4 is 23.6 Å². The summed E-state index contributed by atoms with van der Waals surface area (Å²) < 4.78 is 0. The summed E-state index contributed by atoms with van der Waals surface area (Å²) in [6, 6.07) is 16.5. The minimum atomic E-state index is -0.419. The maximum Gasteiger partial charge on any atom is 0.262 e. The van der Waals surface area contributed by atoms with Gasteiger partial charge in [0.05, 0.1) is 11.7 Å². The molecule has 2 rings (SSSR count). The normalized spacial score (nSPS) is 12.6. The van der Waals surface area contributed by atoms with E-state index in [9.17, 15) is 10.1 Å². The molecule has 0 unspecified atom stereocenters. The summed E-state index contributed by atoms with van der Waals surface area (Å²) in [7, 11) is 0. The first-order chi connectivity index (χ1) is 11.6. The lowest BCUT2D eigenvalue weighted by Gasteiger charge is -2.13. The summed E-state index contributed by atoms with van der Waals surface area (Å²) in [5, 5.41) is 12.4. The Morgan fingerprint density at radius 2 is 2.00 bits per heavy atom. The second-order valence-corrected chi connectivity index (χ2v) is 5.43. The van der Waals surface area contributed by atoms with Crippen molar-refractivity contribution in [2.45, 2.75) is 13.0 Å². The molecule has 1 N–H and O–H groups in total. The first-order valence-electron chi connectivity index (χ1n) is 7.37. The molecule has 0 radical (unpaired) electrons. The van der Waals surface area contributed by atoms with E-state index in [-0.39, 0.29) is 11.6 Å². The highest BCUT2D eigenvalue weighted by Crippen LogP contribution is 2.12. The highest BCUT2D eigenvalue weighted by atomic mass is 35.5. The van der Waals surface area contributed by atoms with Gasteiger partial charge in [0.1, 0.15) is 16.8 Å². The largest absolute Gasteiger partial charge is 0.345 e. The fraction of sp³-hybridized carbons (Fsp3) is 0.105. The van der Waals surface area contributed by atoms with Gasteiger partial charge in [-0.05, 0) is 36.8 Å². The number of halogens is 1. The Bertz CT molecular complexity index is 807. The Balaban J connectivity index is 2.04. The van der Waals surface area contributed by atoms with E-state index in [0.717, 1.165) is 5.56 Å². The fourth-order valence-electron chi connectivity index (χ4n) is 2.02. The van der Waals surface area contributed by atoms with E-state index in [2.05, 4.69) is 10.3 Å². The monoisotopic (exact) mass is 337 g/mol. The van der Waals surface area contributed by atoms with Gasteiger partial charge in [-0.15, -0.1) is 0 Å². The predicted octanol–water partition coefficient (Wildman–Crippen LogP) is 4.08. The smallest absolute Gasteiger partial charge is 0.262 e. The van der Waals surface area contributed by atoms with Crippen LogP contribution >= 0.6 is 11.6 Å². The fourth-order valence-corrected chi connectivity index (χ4v) is 2.19. The van der Waals surface area contributed by atoms with Gasteiger partial charge in [-0.1, -0.05) is 54.1 Å². The van der Waals surface area contributed by atoms with E-state index >= 15 is 0 Å². The molecule has 0 spiro atoms. The van der Waals surface area contributed by atoms with Gasteiger partial charge in [0.2, 0.25) is 0 Å². The molecular weight excluding hydrogens is 322 g/mol. The minimum absolute atomic E-state index is 0.0241. The number of allylic oxidation sites excluding steroid dienone is 2. The minimum Gasteiger partial charge on any atom is -0.345 e. The lowest BCUT2D eigenvalue weighted by atomic mass is 10.1. The molecule has 0 bridgehead atoms. The van der Waals surface area contributed by atoms with Gasteiger partial charge in [0, 0.05) is 0 Å². The van der Waals surface area contributed by atoms with Gasteiger partial charge in [0.25, 0.3) is 5.91 Å². The summed E-state index contributed by atoms with van der Waals surface area (Å²) in [5.41, 5.74) is 1.65. The molecule has 1 aromatic carbocycles. The van der Waals surface area contributed by atoms with Crippen molar-refractivity contribution in [1.82, 2.24) is 10.3 Å². The van der Waals surface area contributed by atoms with Crippen LogP contribution in [0.1, 0.15) is 24.2 Å². The second kappa shape index (κ2) is 8.66. The van der Waals surface area contributed by atoms with Crippen LogP contribution in [0.5, 0.6) is 0 Å². The Kier molecular flexibility index (Phi) is 6.30. The van der Waals surface area contributed by atoms with Crippen LogP contribution in [-0.2, 0) is 4.79 Å². The molecule has 1 amide bonds. The van der Waals surface area contributed by atoms with Crippen LogP contribution in [0.25, 0.3) is 6.08 Å². The number of carbonyl (C=O) groups is 1. The highest BCUT2D eigenvalue weighted by molar-refractivity contribution is 6.29. The molecule has 0 aliphatic carbocycles. The number of aromatic nitrogens is 1. The highest BCUT2D eigenvalue weighted by Gasteiger charge is 2.12. The second-order valence-electron chi connectivity index (χ2n) is 5.04. The van der Waals surface area contributed by atoms with Crippen LogP contribution in [0.4, 0.5) is 0 Å². The molecule has 120 valence electrons. The summed E-state index contributed by atoms with van der Waals surface area (Å²) >= 11 is 5.80. The van der Waals surface area contributed by atoms with Crippen molar-refractivity contribution in [1.29, 1.82) is 5.26 Å². The third kappa shape index (κ3) is 5.08. The Morgan fingerprint density at radius 1 is 1.25 bits per heavy atom. The quantitative estimate of drug-likeness (QED) is 0.387. The van der Waals surface area contributed by atoms with Gasteiger partial charge in [-0.25, -0.2) is 4.98 Å². The Labute approximate surface area is 146 Å². The Hall–Kier alpha value is -2.90. The standard InChI is InChI=1S/C19H16ClN3O/c1-14(15-7-3-2-4-8-15)22-19(24)16(13-21)9-5-10-17-11-6-12-18(20)23-17/h2-12,14H,1H3,(H,22,24)/b10-5+,16-9+/t14-/m0/s1. The van der Waals surface area contributed by atoms with Crippen LogP contribution in [0.2, 0.25) is 5.15 Å². The van der Waals surface area contributed by atoms with Crippen LogP contribution in [0.15, 0.2) is 66.3 Å². The number of nitrogens with one attached hydrogen (secondary N) is 1. The molecular formula is C19H16ClN3O. The number of nitriles is 1. The first-order valence-corrected chi connectivity index (χ1v) is 7.75. The molecule has 0 fully saturated rings. The van der Waals surface area contributed by atoms with Crippen molar-refractivity contribution in [3.05, 3.63) is 82.7 Å². The number of hydrogen-bond donors (Lipinski definition) is 1. The average molecular weight is 338 g/mol. The molecule has 1 aromatic heterocycles.